The van der Waals surface area contributed by atoms with Crippen LogP contribution in [0.4, 0.5) is 5.69 Å². The molecule has 4 nitrogen and oxygen atoms in total. The van der Waals surface area contributed by atoms with Crippen LogP contribution in [0.25, 0.3) is 0 Å². The smallest absolute Gasteiger partial charge is 0.258 e. The minimum atomic E-state index is -0.164. The van der Waals surface area contributed by atoms with Gasteiger partial charge in [-0.2, -0.15) is 0 Å². The third-order valence-corrected chi connectivity index (χ3v) is 3.19. The first-order chi connectivity index (χ1) is 10.1. The molecule has 5 heteroatoms. The van der Waals surface area contributed by atoms with Crippen LogP contribution in [-0.2, 0) is 0 Å². The Hall–Kier alpha value is -2.35. The molecule has 2 N–H and O–H groups in total. The van der Waals surface area contributed by atoms with E-state index in [0.717, 1.165) is 0 Å². The second-order valence-electron chi connectivity index (χ2n) is 4.28. The molecular formula is C16H14ClN3O. The topological polar surface area (TPSA) is 59.2 Å². The lowest BCUT2D eigenvalue weighted by Gasteiger charge is -2.17. The first-order valence-corrected chi connectivity index (χ1v) is 6.68. The molecule has 1 aromatic heterocycles. The molecule has 0 spiro atoms. The summed E-state index contributed by atoms with van der Waals surface area (Å²) < 4.78 is 0. The van der Waals surface area contributed by atoms with E-state index in [2.05, 4.69) is 16.8 Å². The molecule has 2 aromatic rings. The van der Waals surface area contributed by atoms with Crippen LogP contribution in [-0.4, -0.2) is 24.5 Å². The van der Waals surface area contributed by atoms with Crippen molar-refractivity contribution in [3.05, 3.63) is 58.9 Å². The van der Waals surface area contributed by atoms with Gasteiger partial charge in [-0.25, -0.2) is 0 Å². The van der Waals surface area contributed by atoms with Crippen molar-refractivity contribution in [2.24, 2.45) is 5.73 Å². The number of hydrogen-bond donors (Lipinski definition) is 1. The predicted octanol–water partition coefficient (Wildman–Crippen LogP) is 2.32. The van der Waals surface area contributed by atoms with E-state index < -0.39 is 0 Å². The number of benzene rings is 1. The van der Waals surface area contributed by atoms with Gasteiger partial charge in [0.25, 0.3) is 5.91 Å². The van der Waals surface area contributed by atoms with Crippen molar-refractivity contribution in [2.45, 2.75) is 0 Å². The van der Waals surface area contributed by atoms with Crippen LogP contribution in [0.15, 0.2) is 42.7 Å². The summed E-state index contributed by atoms with van der Waals surface area (Å²) in [7, 11) is 1.69. The normalized spacial score (nSPS) is 9.67. The molecule has 2 rings (SSSR count). The summed E-state index contributed by atoms with van der Waals surface area (Å²) in [5.74, 6) is 5.43. The van der Waals surface area contributed by atoms with Gasteiger partial charge < -0.3 is 10.6 Å². The number of anilines is 1. The maximum atomic E-state index is 12.4. The van der Waals surface area contributed by atoms with Crippen LogP contribution in [0.2, 0.25) is 5.02 Å². The number of carbonyl (C=O) groups is 1. The van der Waals surface area contributed by atoms with E-state index in [4.69, 9.17) is 17.3 Å². The summed E-state index contributed by atoms with van der Waals surface area (Å²) in [4.78, 5) is 17.9. The largest absolute Gasteiger partial charge is 0.320 e. The van der Waals surface area contributed by atoms with Gasteiger partial charge in [0.15, 0.2) is 0 Å². The molecule has 0 saturated carbocycles. The molecule has 1 heterocycles. The number of amides is 1. The number of nitrogens with two attached hydrogens (primary N) is 1. The van der Waals surface area contributed by atoms with E-state index >= 15 is 0 Å². The Morgan fingerprint density at radius 3 is 2.86 bits per heavy atom. The fourth-order valence-corrected chi connectivity index (χ4v) is 1.99. The summed E-state index contributed by atoms with van der Waals surface area (Å²) in [6, 6.07) is 8.61. The van der Waals surface area contributed by atoms with Crippen LogP contribution >= 0.6 is 11.6 Å². The molecule has 21 heavy (non-hydrogen) atoms. The van der Waals surface area contributed by atoms with E-state index in [-0.39, 0.29) is 12.5 Å². The minimum absolute atomic E-state index is 0.164. The van der Waals surface area contributed by atoms with E-state index in [1.807, 2.05) is 6.07 Å². The molecule has 1 aromatic carbocycles. The number of aromatic nitrogens is 1. The highest BCUT2D eigenvalue weighted by Crippen LogP contribution is 2.20. The van der Waals surface area contributed by atoms with Gasteiger partial charge in [0, 0.05) is 24.4 Å². The van der Waals surface area contributed by atoms with Gasteiger partial charge in [-0.1, -0.05) is 23.4 Å². The van der Waals surface area contributed by atoms with Crippen molar-refractivity contribution < 1.29 is 4.79 Å². The van der Waals surface area contributed by atoms with Crippen molar-refractivity contribution in [3.63, 3.8) is 0 Å². The molecular weight excluding hydrogens is 286 g/mol. The van der Waals surface area contributed by atoms with Gasteiger partial charge in [-0.15, -0.1) is 0 Å². The highest BCUT2D eigenvalue weighted by Gasteiger charge is 2.14. The standard InChI is InChI=1S/C16H14ClN3O/c1-20(14-5-3-9-19-11-14)16(21)13-7-6-12(4-2-8-18)15(17)10-13/h3,5-7,9-11H,8,18H2,1H3. The number of hydrogen-bond acceptors (Lipinski definition) is 3. The zero-order chi connectivity index (χ0) is 15.2. The molecule has 0 aliphatic heterocycles. The molecule has 106 valence electrons. The van der Waals surface area contributed by atoms with E-state index in [1.54, 1.807) is 43.7 Å². The zero-order valence-electron chi connectivity index (χ0n) is 11.5. The van der Waals surface area contributed by atoms with E-state index in [0.29, 0.717) is 21.8 Å². The fraction of sp³-hybridized carbons (Fsp3) is 0.125. The second kappa shape index (κ2) is 6.89. The fourth-order valence-electron chi connectivity index (χ4n) is 1.76. The molecule has 0 unspecified atom stereocenters. The summed E-state index contributed by atoms with van der Waals surface area (Å²) in [5.41, 5.74) is 7.18. The number of pyridine rings is 1. The number of carbonyl (C=O) groups excluding carboxylic acids is 1. The van der Waals surface area contributed by atoms with Gasteiger partial charge in [-0.05, 0) is 30.3 Å². The molecule has 0 saturated heterocycles. The van der Waals surface area contributed by atoms with Crippen molar-refractivity contribution in [1.29, 1.82) is 0 Å². The van der Waals surface area contributed by atoms with Crippen LogP contribution in [0.3, 0.4) is 0 Å². The first-order valence-electron chi connectivity index (χ1n) is 6.30. The number of halogens is 1. The molecule has 0 atom stereocenters. The minimum Gasteiger partial charge on any atom is -0.320 e. The quantitative estimate of drug-likeness (QED) is 0.866. The lowest BCUT2D eigenvalue weighted by molar-refractivity contribution is 0.0993. The van der Waals surface area contributed by atoms with Crippen molar-refractivity contribution in [3.8, 4) is 11.8 Å². The third-order valence-electron chi connectivity index (χ3n) is 2.88. The molecule has 0 fully saturated rings. The monoisotopic (exact) mass is 299 g/mol. The molecule has 0 aliphatic carbocycles. The van der Waals surface area contributed by atoms with Crippen LogP contribution in [0.1, 0.15) is 15.9 Å². The lowest BCUT2D eigenvalue weighted by Crippen LogP contribution is -2.26. The SMILES string of the molecule is CN(C(=O)c1ccc(C#CCN)c(Cl)c1)c1cccnc1. The molecule has 0 aliphatic rings. The predicted molar refractivity (Wildman–Crippen MR) is 84.4 cm³/mol. The van der Waals surface area contributed by atoms with Gasteiger partial charge in [-0.3, -0.25) is 9.78 Å². The Balaban J connectivity index is 2.26. The molecule has 0 radical (unpaired) electrons. The Labute approximate surface area is 128 Å². The Bertz CT molecular complexity index is 704. The van der Waals surface area contributed by atoms with Crippen LogP contribution < -0.4 is 10.6 Å². The summed E-state index contributed by atoms with van der Waals surface area (Å²) >= 11 is 6.13. The van der Waals surface area contributed by atoms with Crippen molar-refractivity contribution in [2.75, 3.05) is 18.5 Å². The van der Waals surface area contributed by atoms with Gasteiger partial charge in [0.05, 0.1) is 23.5 Å². The number of nitrogens with zero attached hydrogens (tertiary/aromatic N) is 2. The second-order valence-corrected chi connectivity index (χ2v) is 4.68. The van der Waals surface area contributed by atoms with Gasteiger partial charge >= 0.3 is 0 Å². The van der Waals surface area contributed by atoms with Gasteiger partial charge in [0.2, 0.25) is 0 Å². The zero-order valence-corrected chi connectivity index (χ0v) is 12.3. The molecule has 0 bridgehead atoms. The Kier molecular flexibility index (Phi) is 4.94. The third kappa shape index (κ3) is 3.60. The lowest BCUT2D eigenvalue weighted by atomic mass is 10.1. The van der Waals surface area contributed by atoms with E-state index in [9.17, 15) is 4.79 Å². The first kappa shape index (κ1) is 15.0. The summed E-state index contributed by atoms with van der Waals surface area (Å²) in [6.45, 7) is 0.265. The molecule has 1 amide bonds. The average molecular weight is 300 g/mol. The van der Waals surface area contributed by atoms with Crippen LogP contribution in [0, 0.1) is 11.8 Å². The number of rotatable bonds is 2. The van der Waals surface area contributed by atoms with Crippen LogP contribution in [0.5, 0.6) is 0 Å². The maximum Gasteiger partial charge on any atom is 0.258 e. The van der Waals surface area contributed by atoms with Crippen molar-refractivity contribution >= 4 is 23.2 Å². The highest BCUT2D eigenvalue weighted by atomic mass is 35.5. The Morgan fingerprint density at radius 2 is 2.24 bits per heavy atom. The Morgan fingerprint density at radius 1 is 1.43 bits per heavy atom. The maximum absolute atomic E-state index is 12.4. The summed E-state index contributed by atoms with van der Waals surface area (Å²) in [6.07, 6.45) is 3.28. The van der Waals surface area contributed by atoms with Gasteiger partial charge in [0.1, 0.15) is 0 Å². The average Bonchev–Trinajstić information content (AvgIpc) is 2.53. The van der Waals surface area contributed by atoms with E-state index in [1.165, 1.54) is 4.90 Å². The van der Waals surface area contributed by atoms with Crippen molar-refractivity contribution in [1.82, 2.24) is 4.98 Å². The highest BCUT2D eigenvalue weighted by molar-refractivity contribution is 6.32. The summed E-state index contributed by atoms with van der Waals surface area (Å²) in [5, 5.41) is 0.432.